The molecule has 4 N–H and O–H groups in total. The summed E-state index contributed by atoms with van der Waals surface area (Å²) >= 11 is 5.46. The fourth-order valence-electron chi connectivity index (χ4n) is 0.843. The van der Waals surface area contributed by atoms with Gasteiger partial charge in [0.1, 0.15) is 11.4 Å². The van der Waals surface area contributed by atoms with E-state index in [-0.39, 0.29) is 11.4 Å². The van der Waals surface area contributed by atoms with Crippen LogP contribution in [0.5, 0.6) is 0 Å². The van der Waals surface area contributed by atoms with Crippen LogP contribution in [0.3, 0.4) is 0 Å². The van der Waals surface area contributed by atoms with Gasteiger partial charge in [0.2, 0.25) is 0 Å². The summed E-state index contributed by atoms with van der Waals surface area (Å²) in [5.41, 5.74) is 10.8. The van der Waals surface area contributed by atoms with Crippen LogP contribution < -0.4 is 11.5 Å². The number of hydrogen-bond donors (Lipinski definition) is 2. The Morgan fingerprint density at radius 1 is 1.75 bits per heavy atom. The van der Waals surface area contributed by atoms with E-state index in [9.17, 15) is 4.79 Å². The third kappa shape index (κ3) is 1.50. The number of hydrogen-bond acceptors (Lipinski definition) is 3. The van der Waals surface area contributed by atoms with Gasteiger partial charge in [-0.1, -0.05) is 0 Å². The summed E-state index contributed by atoms with van der Waals surface area (Å²) in [6, 6.07) is 0. The number of nitrogens with two attached hydrogens (primary N) is 2. The molecule has 6 heteroatoms. The molecule has 0 fully saturated rings. The predicted octanol–water partition coefficient (Wildman–Crippen LogP) is -0.197. The second-order valence-corrected chi connectivity index (χ2v) is 2.60. The van der Waals surface area contributed by atoms with Gasteiger partial charge in [-0.25, -0.2) is 4.68 Å². The quantitative estimate of drug-likeness (QED) is 0.645. The molecule has 0 aliphatic rings. The summed E-state index contributed by atoms with van der Waals surface area (Å²) in [5, 5.41) is 3.83. The average Bonchev–Trinajstić information content (AvgIpc) is 2.34. The molecule has 1 heterocycles. The number of primary amides is 1. The molecule has 1 aromatic rings. The SMILES string of the molecule is NC(=O)c1cnn(CCCl)c1N. The van der Waals surface area contributed by atoms with Gasteiger partial charge in [-0.2, -0.15) is 5.10 Å². The van der Waals surface area contributed by atoms with Crippen molar-refractivity contribution in [2.24, 2.45) is 5.73 Å². The van der Waals surface area contributed by atoms with Crippen molar-refractivity contribution in [2.75, 3.05) is 11.6 Å². The first-order valence-corrected chi connectivity index (χ1v) is 3.87. The number of carbonyl (C=O) groups excluding carboxylic acids is 1. The molecule has 0 saturated heterocycles. The van der Waals surface area contributed by atoms with Crippen LogP contribution >= 0.6 is 11.6 Å². The zero-order valence-electron chi connectivity index (χ0n) is 6.33. The zero-order valence-corrected chi connectivity index (χ0v) is 7.08. The van der Waals surface area contributed by atoms with Crippen LogP contribution in [0.15, 0.2) is 6.20 Å². The molecule has 0 atom stereocenters. The molecule has 0 radical (unpaired) electrons. The monoisotopic (exact) mass is 188 g/mol. The molecule has 1 aromatic heterocycles. The van der Waals surface area contributed by atoms with E-state index in [1.54, 1.807) is 0 Å². The van der Waals surface area contributed by atoms with Crippen LogP contribution in [0.25, 0.3) is 0 Å². The molecule has 5 nitrogen and oxygen atoms in total. The van der Waals surface area contributed by atoms with Gasteiger partial charge in [0.15, 0.2) is 0 Å². The number of aryl methyl sites for hydroxylation is 1. The molecule has 0 unspecified atom stereocenters. The highest BCUT2D eigenvalue weighted by molar-refractivity contribution is 6.17. The smallest absolute Gasteiger partial charge is 0.254 e. The number of rotatable bonds is 3. The molecule has 0 aliphatic carbocycles. The Morgan fingerprint density at radius 3 is 2.83 bits per heavy atom. The Labute approximate surface area is 74.3 Å². The minimum atomic E-state index is -0.576. The van der Waals surface area contributed by atoms with Crippen molar-refractivity contribution in [3.05, 3.63) is 11.8 Å². The zero-order chi connectivity index (χ0) is 9.14. The third-order valence-corrected chi connectivity index (χ3v) is 1.61. The van der Waals surface area contributed by atoms with Crippen LogP contribution in [0.2, 0.25) is 0 Å². The van der Waals surface area contributed by atoms with Crippen molar-refractivity contribution in [1.82, 2.24) is 9.78 Å². The van der Waals surface area contributed by atoms with E-state index in [4.69, 9.17) is 23.1 Å². The molecule has 0 aliphatic heterocycles. The van der Waals surface area contributed by atoms with Gasteiger partial charge >= 0.3 is 0 Å². The Morgan fingerprint density at radius 2 is 2.42 bits per heavy atom. The number of aromatic nitrogens is 2. The second kappa shape index (κ2) is 3.44. The Bertz CT molecular complexity index is 296. The predicted molar refractivity (Wildman–Crippen MR) is 45.9 cm³/mol. The maximum Gasteiger partial charge on any atom is 0.254 e. The first-order valence-electron chi connectivity index (χ1n) is 3.34. The average molecular weight is 189 g/mol. The highest BCUT2D eigenvalue weighted by Crippen LogP contribution is 2.09. The van der Waals surface area contributed by atoms with Crippen molar-refractivity contribution < 1.29 is 4.79 Å². The summed E-state index contributed by atoms with van der Waals surface area (Å²) in [6.45, 7) is 0.473. The van der Waals surface area contributed by atoms with Crippen molar-refractivity contribution in [3.8, 4) is 0 Å². The summed E-state index contributed by atoms with van der Waals surface area (Å²) in [7, 11) is 0. The van der Waals surface area contributed by atoms with Gasteiger partial charge in [0.05, 0.1) is 12.7 Å². The molecule has 1 amide bonds. The van der Waals surface area contributed by atoms with Crippen LogP contribution in [0.1, 0.15) is 10.4 Å². The van der Waals surface area contributed by atoms with Crippen molar-refractivity contribution >= 4 is 23.3 Å². The van der Waals surface area contributed by atoms with Crippen LogP contribution in [0, 0.1) is 0 Å². The topological polar surface area (TPSA) is 86.9 Å². The van der Waals surface area contributed by atoms with Crippen LogP contribution in [-0.4, -0.2) is 21.6 Å². The number of alkyl halides is 1. The first kappa shape index (κ1) is 8.86. The Kier molecular flexibility index (Phi) is 2.54. The van der Waals surface area contributed by atoms with Crippen molar-refractivity contribution in [3.63, 3.8) is 0 Å². The summed E-state index contributed by atoms with van der Waals surface area (Å²) < 4.78 is 1.44. The van der Waals surface area contributed by atoms with E-state index >= 15 is 0 Å². The van der Waals surface area contributed by atoms with Gasteiger partial charge < -0.3 is 11.5 Å². The fourth-order valence-corrected chi connectivity index (χ4v) is 1.00. The van der Waals surface area contributed by atoms with E-state index in [2.05, 4.69) is 5.10 Å². The van der Waals surface area contributed by atoms with E-state index in [1.807, 2.05) is 0 Å². The largest absolute Gasteiger partial charge is 0.383 e. The molecule has 12 heavy (non-hydrogen) atoms. The minimum absolute atomic E-state index is 0.236. The molecular formula is C6H9ClN4O. The van der Waals surface area contributed by atoms with Gasteiger partial charge in [0.25, 0.3) is 5.91 Å². The highest BCUT2D eigenvalue weighted by Gasteiger charge is 2.10. The standard InChI is InChI=1S/C6H9ClN4O/c7-1-2-11-5(8)4(3-10-11)6(9)12/h3H,1-2,8H2,(H2,9,12). The number of halogens is 1. The van der Waals surface area contributed by atoms with Crippen molar-refractivity contribution in [2.45, 2.75) is 6.54 Å². The number of nitrogens with zero attached hydrogens (tertiary/aromatic N) is 2. The fraction of sp³-hybridized carbons (Fsp3) is 0.333. The summed E-state index contributed by atoms with van der Waals surface area (Å²) in [5.74, 6) is 0.0841. The van der Waals surface area contributed by atoms with Gasteiger partial charge in [-0.05, 0) is 0 Å². The normalized spacial score (nSPS) is 10.1. The number of amides is 1. The Hall–Kier alpha value is -1.23. The lowest BCUT2D eigenvalue weighted by Gasteiger charge is -1.99. The molecular weight excluding hydrogens is 180 g/mol. The van der Waals surface area contributed by atoms with E-state index < -0.39 is 5.91 Å². The lowest BCUT2D eigenvalue weighted by atomic mass is 10.3. The van der Waals surface area contributed by atoms with Gasteiger partial charge in [-0.3, -0.25) is 4.79 Å². The molecule has 1 rings (SSSR count). The minimum Gasteiger partial charge on any atom is -0.383 e. The Balaban J connectivity index is 2.96. The first-order chi connectivity index (χ1) is 5.66. The lowest BCUT2D eigenvalue weighted by molar-refractivity contribution is 0.100. The second-order valence-electron chi connectivity index (χ2n) is 2.22. The van der Waals surface area contributed by atoms with E-state index in [0.29, 0.717) is 12.4 Å². The lowest BCUT2D eigenvalue weighted by Crippen LogP contribution is -2.14. The van der Waals surface area contributed by atoms with Crippen LogP contribution in [-0.2, 0) is 6.54 Å². The molecule has 0 spiro atoms. The highest BCUT2D eigenvalue weighted by atomic mass is 35.5. The van der Waals surface area contributed by atoms with Gasteiger partial charge in [0, 0.05) is 5.88 Å². The van der Waals surface area contributed by atoms with Crippen molar-refractivity contribution in [1.29, 1.82) is 0 Å². The molecule has 0 bridgehead atoms. The van der Waals surface area contributed by atoms with E-state index in [1.165, 1.54) is 10.9 Å². The maximum absolute atomic E-state index is 10.7. The number of carbonyl (C=O) groups is 1. The molecule has 0 aromatic carbocycles. The van der Waals surface area contributed by atoms with Crippen LogP contribution in [0.4, 0.5) is 5.82 Å². The van der Waals surface area contributed by atoms with Gasteiger partial charge in [-0.15, -0.1) is 11.6 Å². The third-order valence-electron chi connectivity index (χ3n) is 1.44. The number of nitrogen functional groups attached to an aromatic ring is 1. The summed E-state index contributed by atoms with van der Waals surface area (Å²) in [6.07, 6.45) is 1.34. The van der Waals surface area contributed by atoms with E-state index in [0.717, 1.165) is 0 Å². The number of anilines is 1. The maximum atomic E-state index is 10.7. The summed E-state index contributed by atoms with van der Waals surface area (Å²) in [4.78, 5) is 10.7. The molecule has 66 valence electrons. The molecule has 0 saturated carbocycles.